The van der Waals surface area contributed by atoms with Crippen LogP contribution in [0.15, 0.2) is 64.3 Å². The molecule has 0 saturated heterocycles. The zero-order chi connectivity index (χ0) is 21.1. The van der Waals surface area contributed by atoms with Crippen LogP contribution in [0.3, 0.4) is 0 Å². The molecule has 3 aromatic rings. The highest BCUT2D eigenvalue weighted by Crippen LogP contribution is 2.33. The molecule has 0 bridgehead atoms. The molecule has 0 radical (unpaired) electrons. The van der Waals surface area contributed by atoms with Gasteiger partial charge in [-0.25, -0.2) is 4.68 Å². The van der Waals surface area contributed by atoms with E-state index in [0.29, 0.717) is 36.1 Å². The van der Waals surface area contributed by atoms with E-state index in [4.69, 9.17) is 9.47 Å². The average molecular weight is 423 g/mol. The lowest BCUT2D eigenvalue weighted by Crippen LogP contribution is -2.33. The quantitative estimate of drug-likeness (QED) is 0.632. The predicted molar refractivity (Wildman–Crippen MR) is 116 cm³/mol. The second kappa shape index (κ2) is 8.62. The molecule has 154 valence electrons. The molecule has 1 amide bonds. The van der Waals surface area contributed by atoms with Crippen molar-refractivity contribution in [1.82, 2.24) is 9.78 Å². The monoisotopic (exact) mass is 423 g/mol. The highest BCUT2D eigenvalue weighted by atomic mass is 32.2. The molecule has 4 rings (SSSR count). The smallest absolute Gasteiger partial charge is 0.267 e. The first-order valence-electron chi connectivity index (χ1n) is 9.50. The van der Waals surface area contributed by atoms with E-state index in [1.807, 2.05) is 48.7 Å². The molecular formula is C22H21N3O4S. The highest BCUT2D eigenvalue weighted by molar-refractivity contribution is 7.98. The summed E-state index contributed by atoms with van der Waals surface area (Å²) in [5, 5.41) is 7.26. The summed E-state index contributed by atoms with van der Waals surface area (Å²) in [6.45, 7) is 2.65. The number of ether oxygens (including phenoxy) is 2. The summed E-state index contributed by atoms with van der Waals surface area (Å²) in [6.07, 6.45) is 1.99. The molecule has 2 heterocycles. The maximum absolute atomic E-state index is 12.7. The molecule has 0 fully saturated rings. The highest BCUT2D eigenvalue weighted by Gasteiger charge is 2.19. The van der Waals surface area contributed by atoms with E-state index in [1.165, 1.54) is 10.7 Å². The fraction of sp³-hybridized carbons (Fsp3) is 0.227. The van der Waals surface area contributed by atoms with Crippen molar-refractivity contribution in [1.29, 1.82) is 0 Å². The number of nitrogens with one attached hydrogen (secondary N) is 1. The van der Waals surface area contributed by atoms with Gasteiger partial charge in [-0.3, -0.25) is 9.59 Å². The molecule has 7 nitrogen and oxygen atoms in total. The Morgan fingerprint density at radius 1 is 1.07 bits per heavy atom. The van der Waals surface area contributed by atoms with Crippen LogP contribution in [0.4, 0.5) is 5.69 Å². The second-order valence-corrected chi connectivity index (χ2v) is 7.63. The number of thioether (sulfide) groups is 1. The van der Waals surface area contributed by atoms with E-state index in [9.17, 15) is 9.59 Å². The summed E-state index contributed by atoms with van der Waals surface area (Å²) in [6, 6.07) is 15.3. The van der Waals surface area contributed by atoms with Crippen molar-refractivity contribution in [2.24, 2.45) is 0 Å². The summed E-state index contributed by atoms with van der Waals surface area (Å²) in [5.74, 6) is 0.997. The zero-order valence-corrected chi connectivity index (χ0v) is 17.4. The third kappa shape index (κ3) is 4.18. The Kier molecular flexibility index (Phi) is 5.76. The Bertz CT molecular complexity index is 1130. The second-order valence-electron chi connectivity index (χ2n) is 6.75. The maximum atomic E-state index is 12.7. The van der Waals surface area contributed by atoms with Crippen molar-refractivity contribution in [3.05, 3.63) is 65.0 Å². The SMILES string of the molecule is CSc1ccc(NC(=O)[C@@H](C)n2nc(-c3ccc4c(c3)OCCO4)ccc2=O)cc1. The molecule has 1 atom stereocenters. The molecule has 1 N–H and O–H groups in total. The maximum Gasteiger partial charge on any atom is 0.267 e. The number of carbonyl (C=O) groups is 1. The van der Waals surface area contributed by atoms with Crippen molar-refractivity contribution < 1.29 is 14.3 Å². The molecular weight excluding hydrogens is 402 g/mol. The van der Waals surface area contributed by atoms with Crippen LogP contribution in [0.25, 0.3) is 11.3 Å². The Balaban J connectivity index is 1.57. The number of hydrogen-bond acceptors (Lipinski definition) is 6. The number of amides is 1. The summed E-state index contributed by atoms with van der Waals surface area (Å²) < 4.78 is 12.4. The lowest BCUT2D eigenvalue weighted by atomic mass is 10.1. The normalized spacial score (nSPS) is 13.5. The summed E-state index contributed by atoms with van der Waals surface area (Å²) in [5.41, 5.74) is 1.65. The molecule has 0 saturated carbocycles. The van der Waals surface area contributed by atoms with E-state index in [1.54, 1.807) is 24.8 Å². The lowest BCUT2D eigenvalue weighted by molar-refractivity contribution is -0.119. The van der Waals surface area contributed by atoms with Crippen LogP contribution in [-0.2, 0) is 4.79 Å². The third-order valence-electron chi connectivity index (χ3n) is 4.77. The molecule has 1 aliphatic rings. The van der Waals surface area contributed by atoms with Crippen LogP contribution < -0.4 is 20.3 Å². The third-order valence-corrected chi connectivity index (χ3v) is 5.51. The number of rotatable bonds is 5. The van der Waals surface area contributed by atoms with Crippen LogP contribution in [0, 0.1) is 0 Å². The van der Waals surface area contributed by atoms with Gasteiger partial charge in [0, 0.05) is 22.2 Å². The van der Waals surface area contributed by atoms with Crippen molar-refractivity contribution >= 4 is 23.4 Å². The fourth-order valence-corrected chi connectivity index (χ4v) is 3.50. The molecule has 0 unspecified atom stereocenters. The molecule has 2 aromatic carbocycles. The number of anilines is 1. The van der Waals surface area contributed by atoms with Gasteiger partial charge in [0.25, 0.3) is 5.56 Å². The average Bonchev–Trinajstić information content (AvgIpc) is 2.79. The van der Waals surface area contributed by atoms with Gasteiger partial charge in [-0.1, -0.05) is 0 Å². The van der Waals surface area contributed by atoms with Gasteiger partial charge in [-0.15, -0.1) is 11.8 Å². The lowest BCUT2D eigenvalue weighted by Gasteiger charge is -2.19. The summed E-state index contributed by atoms with van der Waals surface area (Å²) in [7, 11) is 0. The molecule has 8 heteroatoms. The van der Waals surface area contributed by atoms with E-state index in [2.05, 4.69) is 10.4 Å². The first-order chi connectivity index (χ1) is 14.5. The van der Waals surface area contributed by atoms with Gasteiger partial charge in [0.15, 0.2) is 11.5 Å². The number of benzene rings is 2. The van der Waals surface area contributed by atoms with Crippen LogP contribution in [-0.4, -0.2) is 35.2 Å². The standard InChI is InChI=1S/C22H21N3O4S/c1-14(22(27)23-16-4-6-17(30-2)7-5-16)25-21(26)10-8-18(24-25)15-3-9-19-20(13-15)29-12-11-28-19/h3-10,13-14H,11-12H2,1-2H3,(H,23,27)/t14-/m1/s1. The molecule has 1 aliphatic heterocycles. The first-order valence-corrected chi connectivity index (χ1v) is 10.7. The van der Waals surface area contributed by atoms with Crippen molar-refractivity contribution in [2.75, 3.05) is 24.8 Å². The van der Waals surface area contributed by atoms with E-state index in [-0.39, 0.29) is 11.5 Å². The largest absolute Gasteiger partial charge is 0.486 e. The Morgan fingerprint density at radius 2 is 1.80 bits per heavy atom. The number of fused-ring (bicyclic) bond motifs is 1. The van der Waals surface area contributed by atoms with Crippen LogP contribution in [0.5, 0.6) is 11.5 Å². The van der Waals surface area contributed by atoms with E-state index in [0.717, 1.165) is 10.5 Å². The van der Waals surface area contributed by atoms with Gasteiger partial charge in [0.1, 0.15) is 19.3 Å². The molecule has 0 spiro atoms. The number of carbonyl (C=O) groups excluding carboxylic acids is 1. The zero-order valence-electron chi connectivity index (χ0n) is 16.6. The minimum absolute atomic E-state index is 0.319. The topological polar surface area (TPSA) is 82.5 Å². The minimum Gasteiger partial charge on any atom is -0.486 e. The van der Waals surface area contributed by atoms with E-state index < -0.39 is 6.04 Å². The Labute approximate surface area is 178 Å². The van der Waals surface area contributed by atoms with Crippen LogP contribution >= 0.6 is 11.8 Å². The summed E-state index contributed by atoms with van der Waals surface area (Å²) >= 11 is 1.62. The molecule has 30 heavy (non-hydrogen) atoms. The van der Waals surface area contributed by atoms with Gasteiger partial charge in [0.2, 0.25) is 5.91 Å². The van der Waals surface area contributed by atoms with Crippen molar-refractivity contribution in [2.45, 2.75) is 17.9 Å². The minimum atomic E-state index is -0.783. The van der Waals surface area contributed by atoms with Gasteiger partial charge >= 0.3 is 0 Å². The van der Waals surface area contributed by atoms with Gasteiger partial charge in [-0.05, 0) is 61.7 Å². The van der Waals surface area contributed by atoms with Crippen LogP contribution in [0.1, 0.15) is 13.0 Å². The molecule has 1 aromatic heterocycles. The Morgan fingerprint density at radius 3 is 2.53 bits per heavy atom. The fourth-order valence-electron chi connectivity index (χ4n) is 3.09. The number of nitrogens with zero attached hydrogens (tertiary/aromatic N) is 2. The van der Waals surface area contributed by atoms with Gasteiger partial charge in [-0.2, -0.15) is 5.10 Å². The number of aromatic nitrogens is 2. The van der Waals surface area contributed by atoms with Gasteiger partial charge in [0.05, 0.1) is 5.69 Å². The van der Waals surface area contributed by atoms with Gasteiger partial charge < -0.3 is 14.8 Å². The molecule has 0 aliphatic carbocycles. The first kappa shape index (κ1) is 20.0. The Hall–Kier alpha value is -3.26. The van der Waals surface area contributed by atoms with Crippen LogP contribution in [0.2, 0.25) is 0 Å². The summed E-state index contributed by atoms with van der Waals surface area (Å²) in [4.78, 5) is 26.2. The predicted octanol–water partition coefficient (Wildman–Crippen LogP) is 3.60. The van der Waals surface area contributed by atoms with Crippen molar-refractivity contribution in [3.63, 3.8) is 0 Å². The van der Waals surface area contributed by atoms with E-state index >= 15 is 0 Å². The number of hydrogen-bond donors (Lipinski definition) is 1. The van der Waals surface area contributed by atoms with Crippen molar-refractivity contribution in [3.8, 4) is 22.8 Å².